The Morgan fingerprint density at radius 1 is 1.21 bits per heavy atom. The van der Waals surface area contributed by atoms with Crippen LogP contribution in [0.5, 0.6) is 0 Å². The zero-order valence-corrected chi connectivity index (χ0v) is 9.81. The number of hydrogen-bond acceptors (Lipinski definition) is 2. The Hall–Kier alpha value is -0.570. The fourth-order valence-corrected chi connectivity index (χ4v) is 1.45. The van der Waals surface area contributed by atoms with Gasteiger partial charge in [0.1, 0.15) is 0 Å². The maximum Gasteiger partial charge on any atom is 0.236 e. The van der Waals surface area contributed by atoms with Gasteiger partial charge in [0.2, 0.25) is 5.91 Å². The predicted molar refractivity (Wildman–Crippen MR) is 60.3 cm³/mol. The van der Waals surface area contributed by atoms with E-state index in [1.54, 1.807) is 0 Å². The molecule has 84 valence electrons. The van der Waals surface area contributed by atoms with Crippen molar-refractivity contribution < 1.29 is 4.79 Å². The number of nitrogens with zero attached hydrogens (tertiary/aromatic N) is 1. The normalized spacial score (nSPS) is 10.2. The van der Waals surface area contributed by atoms with E-state index in [9.17, 15) is 4.79 Å². The van der Waals surface area contributed by atoms with Crippen LogP contribution < -0.4 is 5.32 Å². The van der Waals surface area contributed by atoms with Crippen LogP contribution in [0.15, 0.2) is 0 Å². The molecule has 1 amide bonds. The van der Waals surface area contributed by atoms with Gasteiger partial charge in [-0.1, -0.05) is 26.2 Å². The van der Waals surface area contributed by atoms with E-state index in [1.165, 1.54) is 19.3 Å². The summed E-state index contributed by atoms with van der Waals surface area (Å²) < 4.78 is 0. The number of nitrogens with one attached hydrogen (secondary N) is 1. The van der Waals surface area contributed by atoms with Gasteiger partial charge in [0, 0.05) is 13.1 Å². The zero-order chi connectivity index (χ0) is 10.8. The van der Waals surface area contributed by atoms with Gasteiger partial charge in [-0.2, -0.15) is 0 Å². The monoisotopic (exact) mass is 200 g/mol. The standard InChI is InChI=1S/C11H24N2O/c1-4-6-7-8-9-13(5-2)11(14)10-12-3/h12H,4-10H2,1-3H3. The number of amides is 1. The first-order valence-corrected chi connectivity index (χ1v) is 5.68. The van der Waals surface area contributed by atoms with E-state index in [1.807, 2.05) is 18.9 Å². The minimum atomic E-state index is 0.214. The summed E-state index contributed by atoms with van der Waals surface area (Å²) in [4.78, 5) is 13.4. The van der Waals surface area contributed by atoms with Crippen molar-refractivity contribution in [1.29, 1.82) is 0 Å². The molecule has 3 nitrogen and oxygen atoms in total. The van der Waals surface area contributed by atoms with Gasteiger partial charge in [-0.05, 0) is 20.4 Å². The summed E-state index contributed by atoms with van der Waals surface area (Å²) in [6.45, 7) is 6.43. The molecule has 0 aliphatic rings. The van der Waals surface area contributed by atoms with Crippen LogP contribution in [0.25, 0.3) is 0 Å². The third-order valence-electron chi connectivity index (χ3n) is 2.34. The molecule has 0 heterocycles. The fraction of sp³-hybridized carbons (Fsp3) is 0.909. The molecule has 0 saturated heterocycles. The minimum Gasteiger partial charge on any atom is -0.342 e. The average molecular weight is 200 g/mol. The molecule has 0 aromatic heterocycles. The number of likely N-dealkylation sites (N-methyl/N-ethyl adjacent to an activating group) is 2. The highest BCUT2D eigenvalue weighted by Gasteiger charge is 2.08. The van der Waals surface area contributed by atoms with E-state index in [0.29, 0.717) is 6.54 Å². The summed E-state index contributed by atoms with van der Waals surface area (Å²) >= 11 is 0. The van der Waals surface area contributed by atoms with E-state index in [-0.39, 0.29) is 5.91 Å². The van der Waals surface area contributed by atoms with Gasteiger partial charge in [-0.15, -0.1) is 0 Å². The predicted octanol–water partition coefficient (Wildman–Crippen LogP) is 1.63. The largest absolute Gasteiger partial charge is 0.342 e. The lowest BCUT2D eigenvalue weighted by molar-refractivity contribution is -0.130. The van der Waals surface area contributed by atoms with Crippen molar-refractivity contribution in [1.82, 2.24) is 10.2 Å². The zero-order valence-electron chi connectivity index (χ0n) is 9.81. The maximum absolute atomic E-state index is 11.5. The molecule has 14 heavy (non-hydrogen) atoms. The van der Waals surface area contributed by atoms with Crippen LogP contribution in [0.1, 0.15) is 39.5 Å². The summed E-state index contributed by atoms with van der Waals surface area (Å²) in [6, 6.07) is 0. The molecule has 0 aliphatic heterocycles. The van der Waals surface area contributed by atoms with Crippen LogP contribution in [0.3, 0.4) is 0 Å². The topological polar surface area (TPSA) is 32.3 Å². The highest BCUT2D eigenvalue weighted by atomic mass is 16.2. The van der Waals surface area contributed by atoms with Gasteiger partial charge in [0.25, 0.3) is 0 Å². The molecule has 0 rings (SSSR count). The first-order chi connectivity index (χ1) is 6.76. The van der Waals surface area contributed by atoms with Crippen LogP contribution in [-0.2, 0) is 4.79 Å². The average Bonchev–Trinajstić information content (AvgIpc) is 2.18. The molecule has 3 heteroatoms. The van der Waals surface area contributed by atoms with Crippen LogP contribution in [0.4, 0.5) is 0 Å². The van der Waals surface area contributed by atoms with Gasteiger partial charge in [0.15, 0.2) is 0 Å². The van der Waals surface area contributed by atoms with Gasteiger partial charge >= 0.3 is 0 Å². The number of hydrogen-bond donors (Lipinski definition) is 1. The van der Waals surface area contributed by atoms with E-state index in [0.717, 1.165) is 19.5 Å². The van der Waals surface area contributed by atoms with Crippen LogP contribution >= 0.6 is 0 Å². The number of unbranched alkanes of at least 4 members (excludes halogenated alkanes) is 3. The molecule has 0 bridgehead atoms. The number of carbonyl (C=O) groups is 1. The Bertz CT molecular complexity index is 148. The van der Waals surface area contributed by atoms with Crippen molar-refractivity contribution in [3.8, 4) is 0 Å². The lowest BCUT2D eigenvalue weighted by atomic mass is 10.2. The van der Waals surface area contributed by atoms with Gasteiger partial charge < -0.3 is 10.2 Å². The van der Waals surface area contributed by atoms with Gasteiger partial charge in [-0.3, -0.25) is 4.79 Å². The van der Waals surface area contributed by atoms with Crippen LogP contribution in [0.2, 0.25) is 0 Å². The summed E-state index contributed by atoms with van der Waals surface area (Å²) in [7, 11) is 1.81. The van der Waals surface area contributed by atoms with E-state index >= 15 is 0 Å². The molecule has 0 fully saturated rings. The molecule has 0 radical (unpaired) electrons. The number of carbonyl (C=O) groups excluding carboxylic acids is 1. The van der Waals surface area contributed by atoms with Crippen molar-refractivity contribution in [3.05, 3.63) is 0 Å². The van der Waals surface area contributed by atoms with Crippen molar-refractivity contribution in [3.63, 3.8) is 0 Å². The Morgan fingerprint density at radius 2 is 1.93 bits per heavy atom. The molecule has 0 atom stereocenters. The van der Waals surface area contributed by atoms with E-state index < -0.39 is 0 Å². The smallest absolute Gasteiger partial charge is 0.236 e. The number of rotatable bonds is 8. The molecule has 0 spiro atoms. The Labute approximate surface area is 87.9 Å². The SMILES string of the molecule is CCCCCCN(CC)C(=O)CNC. The molecule has 1 N–H and O–H groups in total. The van der Waals surface area contributed by atoms with Crippen molar-refractivity contribution in [2.75, 3.05) is 26.7 Å². The second-order valence-corrected chi connectivity index (χ2v) is 3.56. The summed E-state index contributed by atoms with van der Waals surface area (Å²) in [5.74, 6) is 0.214. The molecule has 0 aliphatic carbocycles. The fourth-order valence-electron chi connectivity index (χ4n) is 1.45. The Kier molecular flexibility index (Phi) is 8.64. The molecular formula is C11H24N2O. The third-order valence-corrected chi connectivity index (χ3v) is 2.34. The Morgan fingerprint density at radius 3 is 2.43 bits per heavy atom. The van der Waals surface area contributed by atoms with E-state index in [2.05, 4.69) is 12.2 Å². The lowest BCUT2D eigenvalue weighted by Crippen LogP contribution is -2.37. The summed E-state index contributed by atoms with van der Waals surface area (Å²) in [5.41, 5.74) is 0. The summed E-state index contributed by atoms with van der Waals surface area (Å²) in [5, 5.41) is 2.89. The first-order valence-electron chi connectivity index (χ1n) is 5.68. The molecule has 0 aromatic rings. The molecule has 0 aromatic carbocycles. The molecule has 0 unspecified atom stereocenters. The van der Waals surface area contributed by atoms with Crippen molar-refractivity contribution in [2.24, 2.45) is 0 Å². The highest BCUT2D eigenvalue weighted by Crippen LogP contribution is 2.01. The Balaban J connectivity index is 3.62. The molecular weight excluding hydrogens is 176 g/mol. The van der Waals surface area contributed by atoms with E-state index in [4.69, 9.17) is 0 Å². The molecule has 0 saturated carbocycles. The van der Waals surface area contributed by atoms with Crippen LogP contribution in [0, 0.1) is 0 Å². The van der Waals surface area contributed by atoms with Crippen LogP contribution in [-0.4, -0.2) is 37.5 Å². The first kappa shape index (κ1) is 13.4. The van der Waals surface area contributed by atoms with Crippen molar-refractivity contribution in [2.45, 2.75) is 39.5 Å². The second-order valence-electron chi connectivity index (χ2n) is 3.56. The lowest BCUT2D eigenvalue weighted by Gasteiger charge is -2.20. The highest BCUT2D eigenvalue weighted by molar-refractivity contribution is 5.78. The quantitative estimate of drug-likeness (QED) is 0.604. The minimum absolute atomic E-state index is 0.214. The summed E-state index contributed by atoms with van der Waals surface area (Å²) in [6.07, 6.45) is 4.89. The van der Waals surface area contributed by atoms with Gasteiger partial charge in [0.05, 0.1) is 6.54 Å². The maximum atomic E-state index is 11.5. The van der Waals surface area contributed by atoms with Gasteiger partial charge in [-0.25, -0.2) is 0 Å². The van der Waals surface area contributed by atoms with Crippen molar-refractivity contribution >= 4 is 5.91 Å². The second kappa shape index (κ2) is 9.00. The third kappa shape index (κ3) is 5.97.